The van der Waals surface area contributed by atoms with Crippen LogP contribution < -0.4 is 0 Å². The molecule has 0 saturated heterocycles. The molecule has 17 heavy (non-hydrogen) atoms. The van der Waals surface area contributed by atoms with Gasteiger partial charge in [-0.25, -0.2) is 0 Å². The van der Waals surface area contributed by atoms with Gasteiger partial charge in [-0.15, -0.1) is 0 Å². The quantitative estimate of drug-likeness (QED) is 0.897. The molecule has 4 nitrogen and oxygen atoms in total. The summed E-state index contributed by atoms with van der Waals surface area (Å²) in [6, 6.07) is 0. The summed E-state index contributed by atoms with van der Waals surface area (Å²) in [6.45, 7) is 0. The van der Waals surface area contributed by atoms with E-state index in [1.54, 1.807) is 0 Å². The van der Waals surface area contributed by atoms with E-state index in [1.807, 2.05) is 0 Å². The van der Waals surface area contributed by atoms with Gasteiger partial charge in [0.25, 0.3) is 0 Å². The molecule has 1 fully saturated rings. The summed E-state index contributed by atoms with van der Waals surface area (Å²) in [5, 5.41) is 16.0. The topological polar surface area (TPSA) is 66.0 Å². The Hall–Kier alpha value is -0.840. The number of nitrogens with one attached hydrogen (secondary N) is 1. The summed E-state index contributed by atoms with van der Waals surface area (Å²) in [5.74, 6) is -0.237. The lowest BCUT2D eigenvalue weighted by molar-refractivity contribution is -0.136. The first-order valence-corrected chi connectivity index (χ1v) is 6.92. The fourth-order valence-electron chi connectivity index (χ4n) is 2.42. The molecule has 0 atom stereocenters. The van der Waals surface area contributed by atoms with Crippen LogP contribution in [0, 0.1) is 0 Å². The lowest BCUT2D eigenvalue weighted by Gasteiger charge is -2.19. The van der Waals surface area contributed by atoms with Gasteiger partial charge in [-0.3, -0.25) is 9.89 Å². The van der Waals surface area contributed by atoms with Crippen molar-refractivity contribution in [3.8, 4) is 0 Å². The summed E-state index contributed by atoms with van der Waals surface area (Å²) in [4.78, 5) is 10.5. The molecular formula is C12H17BrN2O2. The molecule has 1 aromatic rings. The van der Waals surface area contributed by atoms with Gasteiger partial charge in [0.1, 0.15) is 0 Å². The molecular weight excluding hydrogens is 284 g/mol. The molecule has 2 N–H and O–H groups in total. The first kappa shape index (κ1) is 12.6. The van der Waals surface area contributed by atoms with Crippen LogP contribution in [0.1, 0.15) is 55.8 Å². The fourth-order valence-corrected chi connectivity index (χ4v) is 3.12. The molecule has 1 heterocycles. The Morgan fingerprint density at radius 1 is 1.41 bits per heavy atom. The number of halogens is 1. The molecule has 2 rings (SSSR count). The van der Waals surface area contributed by atoms with Gasteiger partial charge in [-0.2, -0.15) is 5.10 Å². The van der Waals surface area contributed by atoms with Crippen molar-refractivity contribution in [1.29, 1.82) is 0 Å². The number of nitrogens with zero attached hydrogens (tertiary/aromatic N) is 1. The van der Waals surface area contributed by atoms with Gasteiger partial charge in [0.05, 0.1) is 22.3 Å². The van der Waals surface area contributed by atoms with Crippen LogP contribution in [0.5, 0.6) is 0 Å². The van der Waals surface area contributed by atoms with Crippen molar-refractivity contribution >= 4 is 21.9 Å². The van der Waals surface area contributed by atoms with Crippen LogP contribution in [0.4, 0.5) is 0 Å². The highest BCUT2D eigenvalue weighted by molar-refractivity contribution is 9.10. The van der Waals surface area contributed by atoms with E-state index in [-0.39, 0.29) is 6.42 Å². The lowest BCUT2D eigenvalue weighted by Crippen LogP contribution is -2.05. The number of carbonyl (C=O) groups is 1. The van der Waals surface area contributed by atoms with Crippen molar-refractivity contribution in [2.75, 3.05) is 0 Å². The SMILES string of the molecule is O=C(O)CCc1[nH]nc(C2CCCCC2)c1Br. The van der Waals surface area contributed by atoms with E-state index >= 15 is 0 Å². The molecule has 1 aliphatic carbocycles. The van der Waals surface area contributed by atoms with E-state index in [0.717, 1.165) is 15.9 Å². The maximum absolute atomic E-state index is 10.5. The second-order valence-electron chi connectivity index (χ2n) is 4.63. The van der Waals surface area contributed by atoms with E-state index in [4.69, 9.17) is 5.11 Å². The molecule has 0 unspecified atom stereocenters. The molecule has 94 valence electrons. The number of H-pyrrole nitrogens is 1. The van der Waals surface area contributed by atoms with Crippen LogP contribution in [0.2, 0.25) is 0 Å². The van der Waals surface area contributed by atoms with Crippen molar-refractivity contribution < 1.29 is 9.90 Å². The Balaban J connectivity index is 2.05. The van der Waals surface area contributed by atoms with Gasteiger partial charge in [-0.1, -0.05) is 19.3 Å². The number of aromatic amines is 1. The van der Waals surface area contributed by atoms with E-state index in [9.17, 15) is 4.79 Å². The Morgan fingerprint density at radius 3 is 2.76 bits per heavy atom. The van der Waals surface area contributed by atoms with Gasteiger partial charge in [0, 0.05) is 12.3 Å². The third kappa shape index (κ3) is 3.09. The number of rotatable bonds is 4. The molecule has 1 aromatic heterocycles. The predicted molar refractivity (Wildman–Crippen MR) is 68.1 cm³/mol. The molecule has 0 spiro atoms. The van der Waals surface area contributed by atoms with Gasteiger partial charge < -0.3 is 5.11 Å². The van der Waals surface area contributed by atoms with Crippen molar-refractivity contribution in [3.63, 3.8) is 0 Å². The smallest absolute Gasteiger partial charge is 0.303 e. The monoisotopic (exact) mass is 300 g/mol. The average molecular weight is 301 g/mol. The van der Waals surface area contributed by atoms with Crippen LogP contribution in [0.25, 0.3) is 0 Å². The van der Waals surface area contributed by atoms with Crippen LogP contribution in [-0.4, -0.2) is 21.3 Å². The predicted octanol–water partition coefficient (Wildman–Crippen LogP) is 3.24. The summed E-state index contributed by atoms with van der Waals surface area (Å²) in [6.07, 6.45) is 6.91. The Kier molecular flexibility index (Phi) is 4.20. The van der Waals surface area contributed by atoms with Gasteiger partial charge >= 0.3 is 5.97 Å². The summed E-state index contributed by atoms with van der Waals surface area (Å²) in [5.41, 5.74) is 2.00. The normalized spacial score (nSPS) is 17.2. The Bertz CT molecular complexity index is 397. The van der Waals surface area contributed by atoms with Crippen molar-refractivity contribution in [3.05, 3.63) is 15.9 Å². The van der Waals surface area contributed by atoms with Crippen LogP contribution in [0.3, 0.4) is 0 Å². The van der Waals surface area contributed by atoms with Gasteiger partial charge in [0.2, 0.25) is 0 Å². The largest absolute Gasteiger partial charge is 0.481 e. The van der Waals surface area contributed by atoms with Crippen LogP contribution in [0.15, 0.2) is 4.47 Å². The molecule has 5 heteroatoms. The zero-order chi connectivity index (χ0) is 12.3. The average Bonchev–Trinajstić information content (AvgIpc) is 2.69. The minimum Gasteiger partial charge on any atom is -0.481 e. The molecule has 0 aliphatic heterocycles. The number of carboxylic acid groups (broad SMARTS) is 1. The lowest BCUT2D eigenvalue weighted by atomic mass is 9.87. The standard InChI is InChI=1S/C12H17BrN2O2/c13-11-9(6-7-10(16)17)14-15-12(11)8-4-2-1-3-5-8/h8H,1-7H2,(H,14,15)(H,16,17). The van der Waals surface area contributed by atoms with Gasteiger partial charge in [0.15, 0.2) is 0 Å². The molecule has 0 radical (unpaired) electrons. The second-order valence-corrected chi connectivity index (χ2v) is 5.42. The maximum atomic E-state index is 10.5. The van der Waals surface area contributed by atoms with E-state index in [2.05, 4.69) is 26.1 Å². The van der Waals surface area contributed by atoms with Gasteiger partial charge in [-0.05, 0) is 28.8 Å². The highest BCUT2D eigenvalue weighted by Crippen LogP contribution is 2.36. The number of aryl methyl sites for hydroxylation is 1. The van der Waals surface area contributed by atoms with E-state index in [1.165, 1.54) is 32.1 Å². The number of hydrogen-bond donors (Lipinski definition) is 2. The minimum absolute atomic E-state index is 0.144. The molecule has 0 bridgehead atoms. The molecule has 1 saturated carbocycles. The first-order valence-electron chi connectivity index (χ1n) is 6.13. The molecule has 1 aliphatic rings. The van der Waals surface area contributed by atoms with Crippen molar-refractivity contribution in [2.24, 2.45) is 0 Å². The van der Waals surface area contributed by atoms with E-state index in [0.29, 0.717) is 12.3 Å². The highest BCUT2D eigenvalue weighted by Gasteiger charge is 2.22. The first-order chi connectivity index (χ1) is 8.18. The van der Waals surface area contributed by atoms with Crippen LogP contribution >= 0.6 is 15.9 Å². The second kappa shape index (κ2) is 5.67. The molecule has 0 amide bonds. The highest BCUT2D eigenvalue weighted by atomic mass is 79.9. The van der Waals surface area contributed by atoms with Crippen molar-refractivity contribution in [1.82, 2.24) is 10.2 Å². The zero-order valence-corrected chi connectivity index (χ0v) is 11.3. The van der Waals surface area contributed by atoms with Crippen molar-refractivity contribution in [2.45, 2.75) is 50.9 Å². The molecule has 0 aromatic carbocycles. The summed E-state index contributed by atoms with van der Waals surface area (Å²) >= 11 is 3.55. The zero-order valence-electron chi connectivity index (χ0n) is 9.71. The number of carboxylic acids is 1. The maximum Gasteiger partial charge on any atom is 0.303 e. The summed E-state index contributed by atoms with van der Waals surface area (Å²) < 4.78 is 0.991. The number of hydrogen-bond acceptors (Lipinski definition) is 2. The number of aromatic nitrogens is 2. The van der Waals surface area contributed by atoms with Crippen LogP contribution in [-0.2, 0) is 11.2 Å². The third-order valence-corrected chi connectivity index (χ3v) is 4.27. The van der Waals surface area contributed by atoms with E-state index < -0.39 is 5.97 Å². The minimum atomic E-state index is -0.772. The summed E-state index contributed by atoms with van der Waals surface area (Å²) in [7, 11) is 0. The Morgan fingerprint density at radius 2 is 2.12 bits per heavy atom. The number of aliphatic carboxylic acids is 1. The Labute approximate surface area is 109 Å². The third-order valence-electron chi connectivity index (χ3n) is 3.38. The fraction of sp³-hybridized carbons (Fsp3) is 0.667.